The van der Waals surface area contributed by atoms with Crippen molar-refractivity contribution in [3.05, 3.63) is 40.0 Å². The molecule has 94 valence electrons. The number of benzene rings is 1. The Balaban J connectivity index is 1.91. The Morgan fingerprint density at radius 2 is 2.33 bits per heavy atom. The fourth-order valence-corrected chi connectivity index (χ4v) is 2.19. The first-order valence-electron chi connectivity index (χ1n) is 5.53. The molecule has 0 atom stereocenters. The monoisotopic (exact) mass is 356 g/mol. The second-order valence-corrected chi connectivity index (χ2v) is 5.16. The van der Waals surface area contributed by atoms with Crippen LogP contribution in [-0.4, -0.2) is 20.7 Å². The van der Waals surface area contributed by atoms with Crippen LogP contribution >= 0.6 is 22.6 Å². The molecular weight excluding hydrogens is 343 g/mol. The van der Waals surface area contributed by atoms with Crippen LogP contribution in [0.3, 0.4) is 0 Å². The summed E-state index contributed by atoms with van der Waals surface area (Å²) >= 11 is 2.25. The Labute approximate surface area is 119 Å². The van der Waals surface area contributed by atoms with E-state index in [9.17, 15) is 4.79 Å². The zero-order valence-electron chi connectivity index (χ0n) is 9.93. The van der Waals surface area contributed by atoms with Crippen LogP contribution in [0, 0.1) is 10.5 Å². The highest BCUT2D eigenvalue weighted by molar-refractivity contribution is 14.1. The number of carbonyl (C=O) groups excluding carboxylic acids is 1. The third-order valence-corrected chi connectivity index (χ3v) is 3.17. The summed E-state index contributed by atoms with van der Waals surface area (Å²) in [7, 11) is 0. The summed E-state index contributed by atoms with van der Waals surface area (Å²) in [5.74, 6) is -0.0187. The van der Waals surface area contributed by atoms with Crippen molar-refractivity contribution in [2.45, 2.75) is 19.9 Å². The largest absolute Gasteiger partial charge is 0.326 e. The first-order valence-corrected chi connectivity index (χ1v) is 6.61. The van der Waals surface area contributed by atoms with Crippen molar-refractivity contribution in [2.24, 2.45) is 0 Å². The zero-order chi connectivity index (χ0) is 13.0. The van der Waals surface area contributed by atoms with Gasteiger partial charge in [-0.2, -0.15) is 5.10 Å². The van der Waals surface area contributed by atoms with Crippen molar-refractivity contribution in [3.63, 3.8) is 0 Å². The van der Waals surface area contributed by atoms with Gasteiger partial charge in [0.2, 0.25) is 5.91 Å². The first kappa shape index (κ1) is 13.0. The molecule has 2 rings (SSSR count). The predicted molar refractivity (Wildman–Crippen MR) is 77.2 cm³/mol. The standard InChI is InChI=1S/C12H13IN4O/c1-9-6-10(13)2-3-11(9)16-12(18)4-5-17-8-14-7-15-17/h2-3,6-8H,4-5H2,1H3,(H,16,18). The van der Waals surface area contributed by atoms with Crippen LogP contribution in [0.2, 0.25) is 0 Å². The minimum Gasteiger partial charge on any atom is -0.326 e. The maximum Gasteiger partial charge on any atom is 0.226 e. The molecule has 0 aliphatic heterocycles. The van der Waals surface area contributed by atoms with E-state index in [1.807, 2.05) is 25.1 Å². The molecule has 1 heterocycles. The number of hydrogen-bond acceptors (Lipinski definition) is 3. The van der Waals surface area contributed by atoms with Crippen LogP contribution in [0.1, 0.15) is 12.0 Å². The molecule has 0 radical (unpaired) electrons. The van der Waals surface area contributed by atoms with Gasteiger partial charge < -0.3 is 5.32 Å². The van der Waals surface area contributed by atoms with Gasteiger partial charge in [-0.25, -0.2) is 4.98 Å². The predicted octanol–water partition coefficient (Wildman–Crippen LogP) is 2.22. The lowest BCUT2D eigenvalue weighted by Gasteiger charge is -2.08. The number of rotatable bonds is 4. The normalized spacial score (nSPS) is 10.3. The fourth-order valence-electron chi connectivity index (χ4n) is 1.54. The molecule has 2 aromatic rings. The molecule has 0 spiro atoms. The molecule has 18 heavy (non-hydrogen) atoms. The maximum atomic E-state index is 11.8. The molecule has 1 aromatic heterocycles. The average Bonchev–Trinajstić information content (AvgIpc) is 2.83. The van der Waals surface area contributed by atoms with E-state index in [4.69, 9.17) is 0 Å². The number of hydrogen-bond donors (Lipinski definition) is 1. The molecular formula is C12H13IN4O. The SMILES string of the molecule is Cc1cc(I)ccc1NC(=O)CCn1cncn1. The topological polar surface area (TPSA) is 59.8 Å². The lowest BCUT2D eigenvalue weighted by Crippen LogP contribution is -2.15. The molecule has 1 N–H and O–H groups in total. The molecule has 0 fully saturated rings. The number of amides is 1. The average molecular weight is 356 g/mol. The fraction of sp³-hybridized carbons (Fsp3) is 0.250. The Bertz CT molecular complexity index is 539. The number of aromatic nitrogens is 3. The van der Waals surface area contributed by atoms with Gasteiger partial charge in [-0.1, -0.05) is 0 Å². The van der Waals surface area contributed by atoms with Crippen molar-refractivity contribution >= 4 is 34.2 Å². The summed E-state index contributed by atoms with van der Waals surface area (Å²) in [5, 5.41) is 6.85. The van der Waals surface area contributed by atoms with Crippen molar-refractivity contribution in [1.82, 2.24) is 14.8 Å². The van der Waals surface area contributed by atoms with Gasteiger partial charge >= 0.3 is 0 Å². The van der Waals surface area contributed by atoms with Gasteiger partial charge in [0.15, 0.2) is 0 Å². The van der Waals surface area contributed by atoms with Crippen molar-refractivity contribution in [3.8, 4) is 0 Å². The summed E-state index contributed by atoms with van der Waals surface area (Å²) in [5.41, 5.74) is 1.93. The smallest absolute Gasteiger partial charge is 0.226 e. The van der Waals surface area contributed by atoms with E-state index < -0.39 is 0 Å². The molecule has 0 unspecified atom stereocenters. The number of anilines is 1. The molecule has 1 amide bonds. The van der Waals surface area contributed by atoms with E-state index in [1.165, 1.54) is 6.33 Å². The number of halogens is 1. The highest BCUT2D eigenvalue weighted by Crippen LogP contribution is 2.17. The number of carbonyl (C=O) groups is 1. The molecule has 0 saturated carbocycles. The summed E-state index contributed by atoms with van der Waals surface area (Å²) in [4.78, 5) is 15.6. The molecule has 0 aliphatic rings. The molecule has 6 heteroatoms. The van der Waals surface area contributed by atoms with Gasteiger partial charge in [0.1, 0.15) is 12.7 Å². The van der Waals surface area contributed by atoms with Crippen molar-refractivity contribution in [2.75, 3.05) is 5.32 Å². The van der Waals surface area contributed by atoms with E-state index in [0.29, 0.717) is 13.0 Å². The maximum absolute atomic E-state index is 11.8. The molecule has 1 aromatic carbocycles. The van der Waals surface area contributed by atoms with E-state index in [1.54, 1.807) is 11.0 Å². The quantitative estimate of drug-likeness (QED) is 0.855. The van der Waals surface area contributed by atoms with Crippen LogP contribution in [0.5, 0.6) is 0 Å². The first-order chi connectivity index (χ1) is 8.65. The van der Waals surface area contributed by atoms with Crippen molar-refractivity contribution in [1.29, 1.82) is 0 Å². The molecule has 0 saturated heterocycles. The summed E-state index contributed by atoms with van der Waals surface area (Å²) in [6.45, 7) is 2.52. The van der Waals surface area contributed by atoms with Crippen LogP contribution in [0.15, 0.2) is 30.9 Å². The zero-order valence-corrected chi connectivity index (χ0v) is 12.1. The third-order valence-electron chi connectivity index (χ3n) is 2.50. The number of nitrogens with zero attached hydrogens (tertiary/aromatic N) is 3. The van der Waals surface area contributed by atoms with Crippen LogP contribution in [-0.2, 0) is 11.3 Å². The second kappa shape index (κ2) is 5.94. The Morgan fingerprint density at radius 3 is 3.00 bits per heavy atom. The molecule has 0 bridgehead atoms. The number of nitrogens with one attached hydrogen (secondary N) is 1. The van der Waals surface area contributed by atoms with Crippen LogP contribution < -0.4 is 5.32 Å². The van der Waals surface area contributed by atoms with Gasteiger partial charge in [-0.3, -0.25) is 9.48 Å². The van der Waals surface area contributed by atoms with Crippen LogP contribution in [0.4, 0.5) is 5.69 Å². The van der Waals surface area contributed by atoms with Gasteiger partial charge in [0, 0.05) is 15.7 Å². The lowest BCUT2D eigenvalue weighted by atomic mass is 10.2. The van der Waals surface area contributed by atoms with E-state index in [-0.39, 0.29) is 5.91 Å². The Hall–Kier alpha value is -1.44. The van der Waals surface area contributed by atoms with E-state index >= 15 is 0 Å². The van der Waals surface area contributed by atoms with Gasteiger partial charge in [-0.05, 0) is 53.3 Å². The van der Waals surface area contributed by atoms with Gasteiger partial charge in [-0.15, -0.1) is 0 Å². The van der Waals surface area contributed by atoms with Gasteiger partial charge in [0.25, 0.3) is 0 Å². The lowest BCUT2D eigenvalue weighted by molar-refractivity contribution is -0.116. The number of aryl methyl sites for hydroxylation is 2. The second-order valence-electron chi connectivity index (χ2n) is 3.92. The van der Waals surface area contributed by atoms with Crippen LogP contribution in [0.25, 0.3) is 0 Å². The summed E-state index contributed by atoms with van der Waals surface area (Å²) in [6.07, 6.45) is 3.44. The van der Waals surface area contributed by atoms with E-state index in [2.05, 4.69) is 38.0 Å². The minimum absolute atomic E-state index is 0.0187. The van der Waals surface area contributed by atoms with E-state index in [0.717, 1.165) is 14.8 Å². The highest BCUT2D eigenvalue weighted by atomic mass is 127. The third kappa shape index (κ3) is 3.52. The molecule has 5 nitrogen and oxygen atoms in total. The summed E-state index contributed by atoms with van der Waals surface area (Å²) in [6, 6.07) is 5.93. The van der Waals surface area contributed by atoms with Crippen molar-refractivity contribution < 1.29 is 4.79 Å². The highest BCUT2D eigenvalue weighted by Gasteiger charge is 2.05. The minimum atomic E-state index is -0.0187. The molecule has 0 aliphatic carbocycles. The van der Waals surface area contributed by atoms with Gasteiger partial charge in [0.05, 0.1) is 6.54 Å². The Kier molecular flexibility index (Phi) is 4.29. The Morgan fingerprint density at radius 1 is 1.50 bits per heavy atom. The summed E-state index contributed by atoms with van der Waals surface area (Å²) < 4.78 is 2.80.